The molecule has 1 aromatic carbocycles. The number of hydrogen-bond acceptors (Lipinski definition) is 4. The molecule has 0 saturated heterocycles. The first-order valence-electron chi connectivity index (χ1n) is 12.1. The highest BCUT2D eigenvalue weighted by Gasteiger charge is 2.41. The van der Waals surface area contributed by atoms with Crippen molar-refractivity contribution in [2.24, 2.45) is 0 Å². The number of alkyl carbamates (subject to hydrolysis) is 1. The van der Waals surface area contributed by atoms with Crippen LogP contribution in [0.3, 0.4) is 0 Å². The molecular formula is C26H41N3O4. The highest BCUT2D eigenvalue weighted by Crippen LogP contribution is 2.34. The first kappa shape index (κ1) is 26.7. The molecule has 2 rings (SSSR count). The molecule has 0 radical (unpaired) electrons. The minimum Gasteiger partial charge on any atom is -0.444 e. The lowest BCUT2D eigenvalue weighted by Crippen LogP contribution is -2.57. The monoisotopic (exact) mass is 459 g/mol. The Morgan fingerprint density at radius 1 is 1.09 bits per heavy atom. The molecule has 0 bridgehead atoms. The second-order valence-corrected chi connectivity index (χ2v) is 10.2. The summed E-state index contributed by atoms with van der Waals surface area (Å²) in [7, 11) is 0. The molecule has 0 spiro atoms. The Balaban J connectivity index is 2.35. The summed E-state index contributed by atoms with van der Waals surface area (Å²) in [6, 6.07) is 6.11. The standard InChI is InChI=1S/C26H41N3O4/c1-8-10-18(3)27-23(30)22(20-15-13-17(2)14-16-20)29(21-11-9-12-21)24(31)19(4)28-25(32)33-26(5,6)7/h13-16,18-19,21-22H,8-12H2,1-7H3,(H,27,30)(H,28,32). The third-order valence-electron chi connectivity index (χ3n) is 5.86. The Kier molecular flexibility index (Phi) is 9.32. The Bertz CT molecular complexity index is 812. The van der Waals surface area contributed by atoms with Gasteiger partial charge in [0.15, 0.2) is 0 Å². The Labute approximate surface area is 198 Å². The molecule has 184 valence electrons. The number of amides is 3. The molecule has 3 atom stereocenters. The van der Waals surface area contributed by atoms with Gasteiger partial charge in [-0.2, -0.15) is 0 Å². The smallest absolute Gasteiger partial charge is 0.408 e. The lowest BCUT2D eigenvalue weighted by Gasteiger charge is -2.43. The Hall–Kier alpha value is -2.57. The zero-order chi connectivity index (χ0) is 24.8. The number of benzene rings is 1. The Morgan fingerprint density at radius 2 is 1.70 bits per heavy atom. The maximum absolute atomic E-state index is 13.7. The van der Waals surface area contributed by atoms with Crippen molar-refractivity contribution in [3.8, 4) is 0 Å². The van der Waals surface area contributed by atoms with Crippen LogP contribution in [0.4, 0.5) is 4.79 Å². The quantitative estimate of drug-likeness (QED) is 0.563. The van der Waals surface area contributed by atoms with Crippen molar-refractivity contribution < 1.29 is 19.1 Å². The van der Waals surface area contributed by atoms with Crippen LogP contribution in [-0.4, -0.2) is 46.5 Å². The number of nitrogens with zero attached hydrogens (tertiary/aromatic N) is 1. The molecule has 1 aliphatic carbocycles. The predicted octanol–water partition coefficient (Wildman–Crippen LogP) is 4.64. The van der Waals surface area contributed by atoms with Crippen molar-refractivity contribution >= 4 is 17.9 Å². The van der Waals surface area contributed by atoms with E-state index in [4.69, 9.17) is 4.74 Å². The van der Waals surface area contributed by atoms with Crippen molar-refractivity contribution in [3.05, 3.63) is 35.4 Å². The van der Waals surface area contributed by atoms with Crippen molar-refractivity contribution in [1.82, 2.24) is 15.5 Å². The summed E-state index contributed by atoms with van der Waals surface area (Å²) < 4.78 is 5.32. The third kappa shape index (κ3) is 7.76. The highest BCUT2D eigenvalue weighted by molar-refractivity contribution is 5.92. The molecule has 3 amide bonds. The van der Waals surface area contributed by atoms with E-state index < -0.39 is 23.8 Å². The fourth-order valence-corrected chi connectivity index (χ4v) is 3.97. The van der Waals surface area contributed by atoms with Gasteiger partial charge in [-0.15, -0.1) is 0 Å². The number of carbonyl (C=O) groups is 3. The SMILES string of the molecule is CCCC(C)NC(=O)C(c1ccc(C)cc1)N(C(=O)C(C)NC(=O)OC(C)(C)C)C1CCC1. The number of ether oxygens (including phenoxy) is 1. The topological polar surface area (TPSA) is 87.7 Å². The van der Waals surface area contributed by atoms with Crippen LogP contribution in [0.15, 0.2) is 24.3 Å². The van der Waals surface area contributed by atoms with E-state index in [-0.39, 0.29) is 23.9 Å². The molecule has 2 N–H and O–H groups in total. The lowest BCUT2D eigenvalue weighted by molar-refractivity contribution is -0.147. The van der Waals surface area contributed by atoms with Crippen molar-refractivity contribution in [2.75, 3.05) is 0 Å². The molecule has 1 saturated carbocycles. The molecule has 3 unspecified atom stereocenters. The summed E-state index contributed by atoms with van der Waals surface area (Å²) in [6.07, 6.45) is 3.86. The molecule has 0 aromatic heterocycles. The number of aryl methyl sites for hydroxylation is 1. The van der Waals surface area contributed by atoms with E-state index in [0.717, 1.165) is 43.2 Å². The summed E-state index contributed by atoms with van der Waals surface area (Å²) in [5, 5.41) is 5.75. The average Bonchev–Trinajstić information content (AvgIpc) is 2.65. The van der Waals surface area contributed by atoms with Crippen LogP contribution in [0, 0.1) is 6.92 Å². The van der Waals surface area contributed by atoms with Crippen LogP contribution < -0.4 is 10.6 Å². The average molecular weight is 460 g/mol. The molecule has 7 heteroatoms. The Morgan fingerprint density at radius 3 is 2.18 bits per heavy atom. The van der Waals surface area contributed by atoms with Crippen LogP contribution in [-0.2, 0) is 14.3 Å². The van der Waals surface area contributed by atoms with E-state index in [1.54, 1.807) is 32.6 Å². The predicted molar refractivity (Wildman–Crippen MR) is 130 cm³/mol. The van der Waals surface area contributed by atoms with Gasteiger partial charge >= 0.3 is 6.09 Å². The van der Waals surface area contributed by atoms with Crippen LogP contribution in [0.2, 0.25) is 0 Å². The van der Waals surface area contributed by atoms with Crippen molar-refractivity contribution in [1.29, 1.82) is 0 Å². The molecule has 0 heterocycles. The van der Waals surface area contributed by atoms with Gasteiger partial charge in [0.2, 0.25) is 11.8 Å². The third-order valence-corrected chi connectivity index (χ3v) is 5.86. The summed E-state index contributed by atoms with van der Waals surface area (Å²) in [5.74, 6) is -0.473. The van der Waals surface area contributed by atoms with Gasteiger partial charge in [-0.1, -0.05) is 43.2 Å². The first-order chi connectivity index (χ1) is 15.4. The van der Waals surface area contributed by atoms with Gasteiger partial charge < -0.3 is 20.3 Å². The van der Waals surface area contributed by atoms with Gasteiger partial charge in [-0.25, -0.2) is 4.79 Å². The molecule has 1 fully saturated rings. The number of hydrogen-bond donors (Lipinski definition) is 2. The van der Waals surface area contributed by atoms with Crippen LogP contribution in [0.1, 0.15) is 90.8 Å². The zero-order valence-electron chi connectivity index (χ0n) is 21.2. The van der Waals surface area contributed by atoms with E-state index in [2.05, 4.69) is 17.6 Å². The summed E-state index contributed by atoms with van der Waals surface area (Å²) in [4.78, 5) is 41.2. The second-order valence-electron chi connectivity index (χ2n) is 10.2. The van der Waals surface area contributed by atoms with Gasteiger partial charge in [0, 0.05) is 12.1 Å². The number of rotatable bonds is 9. The summed E-state index contributed by atoms with van der Waals surface area (Å²) in [6.45, 7) is 13.0. The van der Waals surface area contributed by atoms with E-state index >= 15 is 0 Å². The maximum atomic E-state index is 13.7. The number of nitrogens with one attached hydrogen (secondary N) is 2. The maximum Gasteiger partial charge on any atom is 0.408 e. The zero-order valence-corrected chi connectivity index (χ0v) is 21.2. The molecule has 0 aliphatic heterocycles. The van der Waals surface area contributed by atoms with E-state index in [0.29, 0.717) is 0 Å². The van der Waals surface area contributed by atoms with Crippen LogP contribution in [0.25, 0.3) is 0 Å². The van der Waals surface area contributed by atoms with Gasteiger partial charge in [0.05, 0.1) is 0 Å². The molecule has 33 heavy (non-hydrogen) atoms. The highest BCUT2D eigenvalue weighted by atomic mass is 16.6. The minimum atomic E-state index is -0.825. The second kappa shape index (κ2) is 11.5. The molecular weight excluding hydrogens is 418 g/mol. The van der Waals surface area contributed by atoms with Gasteiger partial charge in [0.1, 0.15) is 17.7 Å². The fraction of sp³-hybridized carbons (Fsp3) is 0.654. The van der Waals surface area contributed by atoms with Gasteiger partial charge in [-0.3, -0.25) is 9.59 Å². The molecule has 7 nitrogen and oxygen atoms in total. The number of carbonyl (C=O) groups excluding carboxylic acids is 3. The van der Waals surface area contributed by atoms with Crippen molar-refractivity contribution in [3.63, 3.8) is 0 Å². The summed E-state index contributed by atoms with van der Waals surface area (Å²) >= 11 is 0. The van der Waals surface area contributed by atoms with Crippen molar-refractivity contribution in [2.45, 2.75) is 110 Å². The van der Waals surface area contributed by atoms with Crippen LogP contribution >= 0.6 is 0 Å². The minimum absolute atomic E-state index is 0.00565. The lowest BCUT2D eigenvalue weighted by atomic mass is 9.88. The largest absolute Gasteiger partial charge is 0.444 e. The van der Waals surface area contributed by atoms with Gasteiger partial charge in [0.25, 0.3) is 0 Å². The normalized spacial score (nSPS) is 16.7. The van der Waals surface area contributed by atoms with E-state index in [1.807, 2.05) is 38.1 Å². The molecule has 1 aliphatic rings. The van der Waals surface area contributed by atoms with Crippen LogP contribution in [0.5, 0.6) is 0 Å². The fourth-order valence-electron chi connectivity index (χ4n) is 3.97. The van der Waals surface area contributed by atoms with Gasteiger partial charge in [-0.05, 0) is 72.8 Å². The first-order valence-corrected chi connectivity index (χ1v) is 12.1. The summed E-state index contributed by atoms with van der Waals surface area (Å²) in [5.41, 5.74) is 1.19. The van der Waals surface area contributed by atoms with E-state index in [9.17, 15) is 14.4 Å². The molecule has 1 aromatic rings. The van der Waals surface area contributed by atoms with E-state index in [1.165, 1.54) is 0 Å².